The van der Waals surface area contributed by atoms with E-state index < -0.39 is 30.8 Å². The summed E-state index contributed by atoms with van der Waals surface area (Å²) >= 11 is 0. The molecule has 2 N–H and O–H groups in total. The maximum atomic E-state index is 12.3. The molecule has 0 heterocycles. The second kappa shape index (κ2) is 9.69. The van der Waals surface area contributed by atoms with Gasteiger partial charge in [-0.05, 0) is 24.5 Å². The number of carboxylic acid groups (broad SMARTS) is 1. The van der Waals surface area contributed by atoms with Crippen LogP contribution in [0.3, 0.4) is 0 Å². The lowest BCUT2D eigenvalue weighted by Gasteiger charge is -2.14. The van der Waals surface area contributed by atoms with Gasteiger partial charge < -0.3 is 19.9 Å². The van der Waals surface area contributed by atoms with E-state index in [1.165, 1.54) is 14.2 Å². The molecule has 1 rings (SSSR count). The van der Waals surface area contributed by atoms with E-state index in [2.05, 4.69) is 5.32 Å². The summed E-state index contributed by atoms with van der Waals surface area (Å²) in [5.74, 6) is -0.781. The smallest absolute Gasteiger partial charge is 0.326 e. The highest BCUT2D eigenvalue weighted by molar-refractivity contribution is 5.83. The highest BCUT2D eigenvalue weighted by Crippen LogP contribution is 2.25. The van der Waals surface area contributed by atoms with Gasteiger partial charge in [0, 0.05) is 18.9 Å². The van der Waals surface area contributed by atoms with Crippen LogP contribution in [0.5, 0.6) is 11.5 Å². The fourth-order valence-corrected chi connectivity index (χ4v) is 2.16. The Hall–Kier alpha value is -2.38. The van der Waals surface area contributed by atoms with Gasteiger partial charge in [0.15, 0.2) is 0 Å². The van der Waals surface area contributed by atoms with Crippen LogP contribution in [0.25, 0.3) is 0 Å². The Balaban J connectivity index is 2.52. The van der Waals surface area contributed by atoms with E-state index >= 15 is 0 Å². The summed E-state index contributed by atoms with van der Waals surface area (Å²) in [4.78, 5) is 22.5. The van der Waals surface area contributed by atoms with E-state index in [-0.39, 0.29) is 6.42 Å². The lowest BCUT2D eigenvalue weighted by Crippen LogP contribution is -2.41. The van der Waals surface area contributed by atoms with Crippen LogP contribution in [-0.4, -0.2) is 43.7 Å². The molecule has 0 aliphatic heterocycles. The first-order valence-electron chi connectivity index (χ1n) is 7.38. The third-order valence-corrected chi connectivity index (χ3v) is 3.39. The predicted molar refractivity (Wildman–Crippen MR) is 82.7 cm³/mol. The zero-order chi connectivity index (χ0) is 18.1. The van der Waals surface area contributed by atoms with Crippen molar-refractivity contribution in [1.29, 1.82) is 0 Å². The lowest BCUT2D eigenvalue weighted by atomic mass is 10.1. The first kappa shape index (κ1) is 19.7. The zero-order valence-corrected chi connectivity index (χ0v) is 13.6. The monoisotopic (exact) mass is 345 g/mol. The normalized spacial score (nSPS) is 11.9. The third kappa shape index (κ3) is 6.39. The van der Waals surface area contributed by atoms with Crippen molar-refractivity contribution in [3.05, 3.63) is 23.8 Å². The average molecular weight is 345 g/mol. The Morgan fingerprint density at radius 2 is 1.96 bits per heavy atom. The van der Waals surface area contributed by atoms with Gasteiger partial charge in [0.25, 0.3) is 0 Å². The number of alkyl halides is 2. The van der Waals surface area contributed by atoms with Gasteiger partial charge in [0.05, 0.1) is 14.2 Å². The number of hydrogen-bond acceptors (Lipinski definition) is 4. The summed E-state index contributed by atoms with van der Waals surface area (Å²) in [5, 5.41) is 10.9. The predicted octanol–water partition coefficient (Wildman–Crippen LogP) is 2.25. The first-order chi connectivity index (χ1) is 11.4. The molecule has 1 atom stereocenters. The van der Waals surface area contributed by atoms with Crippen LogP contribution >= 0.6 is 0 Å². The van der Waals surface area contributed by atoms with Crippen LogP contribution in [0.2, 0.25) is 0 Å². The van der Waals surface area contributed by atoms with Gasteiger partial charge in [-0.15, -0.1) is 0 Å². The second-order valence-electron chi connectivity index (χ2n) is 5.12. The standard InChI is InChI=1S/C16H21F2NO5/c1-23-11-7-6-10(13(8-11)24-2)4-3-5-15(20)19-12(16(21)22)9-14(17)18/h6-8,12,14H,3-5,9H2,1-2H3,(H,19,20)(H,21,22). The number of carbonyl (C=O) groups excluding carboxylic acids is 1. The van der Waals surface area contributed by atoms with Crippen LogP contribution in [0.4, 0.5) is 8.78 Å². The molecule has 1 aromatic carbocycles. The summed E-state index contributed by atoms with van der Waals surface area (Å²) in [6, 6.07) is 3.72. The molecule has 0 aromatic heterocycles. The topological polar surface area (TPSA) is 84.9 Å². The number of amides is 1. The largest absolute Gasteiger partial charge is 0.497 e. The molecular formula is C16H21F2NO5. The quantitative estimate of drug-likeness (QED) is 0.679. The average Bonchev–Trinajstić information content (AvgIpc) is 2.53. The van der Waals surface area contributed by atoms with Crippen LogP contribution in [-0.2, 0) is 16.0 Å². The molecule has 0 fully saturated rings. The Morgan fingerprint density at radius 3 is 2.50 bits per heavy atom. The number of carbonyl (C=O) groups is 2. The number of rotatable bonds is 10. The van der Waals surface area contributed by atoms with Crippen molar-refractivity contribution in [2.75, 3.05) is 14.2 Å². The molecule has 1 amide bonds. The van der Waals surface area contributed by atoms with E-state index in [0.29, 0.717) is 24.3 Å². The molecule has 6 nitrogen and oxygen atoms in total. The Bertz CT molecular complexity index is 565. The number of hydrogen-bond donors (Lipinski definition) is 2. The summed E-state index contributed by atoms with van der Waals surface area (Å²) in [6.45, 7) is 0. The van der Waals surface area contributed by atoms with Crippen molar-refractivity contribution in [2.24, 2.45) is 0 Å². The zero-order valence-electron chi connectivity index (χ0n) is 13.6. The minimum Gasteiger partial charge on any atom is -0.497 e. The highest BCUT2D eigenvalue weighted by Gasteiger charge is 2.23. The molecule has 134 valence electrons. The molecular weight excluding hydrogens is 324 g/mol. The van der Waals surface area contributed by atoms with Crippen LogP contribution in [0.15, 0.2) is 18.2 Å². The number of nitrogens with one attached hydrogen (secondary N) is 1. The molecule has 24 heavy (non-hydrogen) atoms. The molecule has 0 aliphatic carbocycles. The summed E-state index contributed by atoms with van der Waals surface area (Å²) < 4.78 is 34.9. The van der Waals surface area contributed by atoms with Gasteiger partial charge >= 0.3 is 5.97 Å². The van der Waals surface area contributed by atoms with Crippen LogP contribution in [0.1, 0.15) is 24.8 Å². The minimum absolute atomic E-state index is 0.0300. The van der Waals surface area contributed by atoms with Crippen LogP contribution in [0, 0.1) is 0 Å². The summed E-state index contributed by atoms with van der Waals surface area (Å²) in [7, 11) is 3.06. The molecule has 0 saturated carbocycles. The van der Waals surface area contributed by atoms with Crippen molar-refractivity contribution >= 4 is 11.9 Å². The van der Waals surface area contributed by atoms with Gasteiger partial charge in [-0.3, -0.25) is 4.79 Å². The maximum absolute atomic E-state index is 12.3. The molecule has 8 heteroatoms. The van der Waals surface area contributed by atoms with Gasteiger partial charge in [0.1, 0.15) is 17.5 Å². The molecule has 0 aliphatic rings. The van der Waals surface area contributed by atoms with E-state index in [1.807, 2.05) is 6.07 Å². The van der Waals surface area contributed by atoms with Crippen molar-refractivity contribution < 1.29 is 33.0 Å². The van der Waals surface area contributed by atoms with Crippen molar-refractivity contribution in [1.82, 2.24) is 5.32 Å². The minimum atomic E-state index is -2.80. The van der Waals surface area contributed by atoms with Gasteiger partial charge in [0.2, 0.25) is 12.3 Å². The van der Waals surface area contributed by atoms with Gasteiger partial charge in [-0.2, -0.15) is 0 Å². The van der Waals surface area contributed by atoms with Crippen LogP contribution < -0.4 is 14.8 Å². The molecule has 0 radical (unpaired) electrons. The number of ether oxygens (including phenoxy) is 2. The number of aryl methyl sites for hydroxylation is 1. The number of halogens is 2. The van der Waals surface area contributed by atoms with E-state index in [4.69, 9.17) is 14.6 Å². The molecule has 1 aromatic rings. The van der Waals surface area contributed by atoms with Crippen molar-refractivity contribution in [2.45, 2.75) is 38.2 Å². The maximum Gasteiger partial charge on any atom is 0.326 e. The first-order valence-corrected chi connectivity index (χ1v) is 7.38. The molecule has 1 unspecified atom stereocenters. The Kier molecular flexibility index (Phi) is 7.94. The Morgan fingerprint density at radius 1 is 1.25 bits per heavy atom. The van der Waals surface area contributed by atoms with E-state index in [9.17, 15) is 18.4 Å². The van der Waals surface area contributed by atoms with Gasteiger partial charge in [-0.25, -0.2) is 13.6 Å². The molecule has 0 saturated heterocycles. The summed E-state index contributed by atoms with van der Waals surface area (Å²) in [6.07, 6.45) is -2.73. The molecule has 0 spiro atoms. The second-order valence-corrected chi connectivity index (χ2v) is 5.12. The number of aliphatic carboxylic acids is 1. The number of methoxy groups -OCH3 is 2. The molecule has 0 bridgehead atoms. The van der Waals surface area contributed by atoms with E-state index in [0.717, 1.165) is 5.56 Å². The Labute approximate surface area is 138 Å². The van der Waals surface area contributed by atoms with E-state index in [1.54, 1.807) is 12.1 Å². The highest BCUT2D eigenvalue weighted by atomic mass is 19.3. The fourth-order valence-electron chi connectivity index (χ4n) is 2.16. The SMILES string of the molecule is COc1ccc(CCCC(=O)NC(CC(F)F)C(=O)O)c(OC)c1. The third-order valence-electron chi connectivity index (χ3n) is 3.39. The number of carboxylic acids is 1. The fraction of sp³-hybridized carbons (Fsp3) is 0.500. The number of benzene rings is 1. The summed E-state index contributed by atoms with van der Waals surface area (Å²) in [5.41, 5.74) is 0.869. The van der Waals surface area contributed by atoms with Crippen molar-refractivity contribution in [3.63, 3.8) is 0 Å². The van der Waals surface area contributed by atoms with Crippen molar-refractivity contribution in [3.8, 4) is 11.5 Å². The van der Waals surface area contributed by atoms with Gasteiger partial charge in [-0.1, -0.05) is 6.07 Å². The lowest BCUT2D eigenvalue weighted by molar-refractivity contribution is -0.143.